The lowest BCUT2D eigenvalue weighted by molar-refractivity contribution is -0.171. The third-order valence-electron chi connectivity index (χ3n) is 2.48. The minimum absolute atomic E-state index is 0.143. The van der Waals surface area contributed by atoms with Gasteiger partial charge in [-0.15, -0.1) is 0 Å². The van der Waals surface area contributed by atoms with E-state index in [1.54, 1.807) is 18.2 Å². The van der Waals surface area contributed by atoms with Gasteiger partial charge in [0.1, 0.15) is 5.75 Å². The number of nitrogen functional groups attached to an aromatic ring is 1. The number of hydrogen-bond acceptors (Lipinski definition) is 3. The molecule has 18 heavy (non-hydrogen) atoms. The Morgan fingerprint density at radius 3 is 2.56 bits per heavy atom. The highest BCUT2D eigenvalue weighted by Crippen LogP contribution is 2.23. The average molecular weight is 261 g/mol. The van der Waals surface area contributed by atoms with Crippen LogP contribution in [-0.4, -0.2) is 19.1 Å². The van der Waals surface area contributed by atoms with E-state index in [1.165, 1.54) is 7.11 Å². The van der Waals surface area contributed by atoms with Crippen LogP contribution < -0.4 is 10.5 Å². The van der Waals surface area contributed by atoms with Crippen LogP contribution in [0.25, 0.3) is 0 Å². The van der Waals surface area contributed by atoms with Crippen molar-refractivity contribution in [1.29, 1.82) is 0 Å². The number of benzene rings is 1. The first-order chi connectivity index (χ1) is 8.34. The fraction of sp³-hybridized carbons (Fsp3) is 0.417. The Kier molecular flexibility index (Phi) is 4.58. The molecule has 1 aromatic rings. The zero-order valence-corrected chi connectivity index (χ0v) is 9.88. The standard InChI is InChI=1S/C12H14F3NO2/c1-18-10-6-5-8(7-9(10)16)3-2-4-11(17)12(13,14)15/h5-7H,2-4,16H2,1H3. The van der Waals surface area contributed by atoms with Crippen LogP contribution in [0.1, 0.15) is 18.4 Å². The van der Waals surface area contributed by atoms with Gasteiger partial charge in [-0.25, -0.2) is 0 Å². The lowest BCUT2D eigenvalue weighted by atomic mass is 10.1. The van der Waals surface area contributed by atoms with Crippen LogP contribution in [0.3, 0.4) is 0 Å². The van der Waals surface area contributed by atoms with Crippen molar-refractivity contribution in [3.63, 3.8) is 0 Å². The summed E-state index contributed by atoms with van der Waals surface area (Å²) in [7, 11) is 1.48. The summed E-state index contributed by atoms with van der Waals surface area (Å²) in [5.41, 5.74) is 6.87. The molecule has 0 aliphatic rings. The van der Waals surface area contributed by atoms with Gasteiger partial charge in [-0.1, -0.05) is 6.07 Å². The highest BCUT2D eigenvalue weighted by Gasteiger charge is 2.37. The summed E-state index contributed by atoms with van der Waals surface area (Å²) in [5, 5.41) is 0. The van der Waals surface area contributed by atoms with Gasteiger partial charge in [0.25, 0.3) is 0 Å². The molecule has 0 saturated carbocycles. The number of ether oxygens (including phenoxy) is 1. The molecular weight excluding hydrogens is 247 g/mol. The third-order valence-corrected chi connectivity index (χ3v) is 2.48. The van der Waals surface area contributed by atoms with Crippen LogP contribution >= 0.6 is 0 Å². The molecule has 1 aromatic carbocycles. The zero-order valence-electron chi connectivity index (χ0n) is 9.88. The Labute approximate surface area is 103 Å². The van der Waals surface area contributed by atoms with Gasteiger partial charge in [0.05, 0.1) is 12.8 Å². The van der Waals surface area contributed by atoms with E-state index in [9.17, 15) is 18.0 Å². The number of carbonyl (C=O) groups is 1. The van der Waals surface area contributed by atoms with E-state index in [-0.39, 0.29) is 6.42 Å². The van der Waals surface area contributed by atoms with Gasteiger partial charge in [0.15, 0.2) is 0 Å². The maximum absolute atomic E-state index is 12.0. The van der Waals surface area contributed by atoms with E-state index in [2.05, 4.69) is 0 Å². The lowest BCUT2D eigenvalue weighted by Crippen LogP contribution is -2.22. The normalized spacial score (nSPS) is 11.3. The topological polar surface area (TPSA) is 52.3 Å². The third kappa shape index (κ3) is 3.94. The molecule has 0 saturated heterocycles. The van der Waals surface area contributed by atoms with Crippen molar-refractivity contribution in [1.82, 2.24) is 0 Å². The van der Waals surface area contributed by atoms with Crippen molar-refractivity contribution in [2.45, 2.75) is 25.4 Å². The molecule has 0 aliphatic heterocycles. The SMILES string of the molecule is COc1ccc(CCCC(=O)C(F)(F)F)cc1N. The second-order valence-electron chi connectivity index (χ2n) is 3.85. The highest BCUT2D eigenvalue weighted by molar-refractivity contribution is 5.83. The molecule has 0 heterocycles. The van der Waals surface area contributed by atoms with Crippen molar-refractivity contribution in [3.8, 4) is 5.75 Å². The molecule has 1 rings (SSSR count). The van der Waals surface area contributed by atoms with Gasteiger partial charge in [0, 0.05) is 6.42 Å². The van der Waals surface area contributed by atoms with Gasteiger partial charge >= 0.3 is 6.18 Å². The smallest absolute Gasteiger partial charge is 0.449 e. The Bertz CT molecular complexity index is 430. The van der Waals surface area contributed by atoms with Crippen molar-refractivity contribution < 1.29 is 22.7 Å². The van der Waals surface area contributed by atoms with Crippen molar-refractivity contribution >= 4 is 11.5 Å². The number of carbonyl (C=O) groups excluding carboxylic acids is 1. The van der Waals surface area contributed by atoms with E-state index in [1.807, 2.05) is 0 Å². The Hall–Kier alpha value is -1.72. The largest absolute Gasteiger partial charge is 0.495 e. The minimum Gasteiger partial charge on any atom is -0.495 e. The fourth-order valence-electron chi connectivity index (χ4n) is 1.53. The number of anilines is 1. The van der Waals surface area contributed by atoms with E-state index < -0.39 is 18.4 Å². The zero-order chi connectivity index (χ0) is 13.8. The Morgan fingerprint density at radius 2 is 2.06 bits per heavy atom. The molecule has 100 valence electrons. The van der Waals surface area contributed by atoms with Crippen molar-refractivity contribution in [2.75, 3.05) is 12.8 Å². The Balaban J connectivity index is 2.50. The van der Waals surface area contributed by atoms with Gasteiger partial charge in [-0.05, 0) is 30.5 Å². The number of rotatable bonds is 5. The van der Waals surface area contributed by atoms with Crippen LogP contribution in [0, 0.1) is 0 Å². The molecule has 0 spiro atoms. The van der Waals surface area contributed by atoms with Crippen LogP contribution in [0.15, 0.2) is 18.2 Å². The summed E-state index contributed by atoms with van der Waals surface area (Å²) in [5.74, 6) is -1.17. The minimum atomic E-state index is -4.74. The molecule has 3 nitrogen and oxygen atoms in total. The summed E-state index contributed by atoms with van der Waals surface area (Å²) in [6, 6.07) is 5.00. The van der Waals surface area contributed by atoms with Crippen molar-refractivity contribution in [3.05, 3.63) is 23.8 Å². The molecule has 0 fully saturated rings. The molecule has 0 radical (unpaired) electrons. The number of nitrogens with two attached hydrogens (primary N) is 1. The number of hydrogen-bond donors (Lipinski definition) is 1. The van der Waals surface area contributed by atoms with Gasteiger partial charge < -0.3 is 10.5 Å². The maximum Gasteiger partial charge on any atom is 0.449 e. The van der Waals surface area contributed by atoms with E-state index in [0.717, 1.165) is 5.56 Å². The summed E-state index contributed by atoms with van der Waals surface area (Å²) in [6.45, 7) is 0. The molecule has 0 aliphatic carbocycles. The molecule has 0 bridgehead atoms. The number of Topliss-reactive ketones (excluding diaryl/α,β-unsaturated/α-hetero) is 1. The van der Waals surface area contributed by atoms with E-state index in [0.29, 0.717) is 17.9 Å². The first kappa shape index (κ1) is 14.3. The van der Waals surface area contributed by atoms with Crippen LogP contribution in [-0.2, 0) is 11.2 Å². The maximum atomic E-state index is 12.0. The molecular formula is C12H14F3NO2. The summed E-state index contributed by atoms with van der Waals surface area (Å²) in [6.07, 6.45) is -4.73. The molecule has 0 atom stereocenters. The molecule has 6 heteroatoms. The lowest BCUT2D eigenvalue weighted by Gasteiger charge is -2.07. The van der Waals surface area contributed by atoms with Gasteiger partial charge in [0.2, 0.25) is 5.78 Å². The molecule has 0 unspecified atom stereocenters. The van der Waals surface area contributed by atoms with Crippen LogP contribution in [0.2, 0.25) is 0 Å². The number of halogens is 3. The highest BCUT2D eigenvalue weighted by atomic mass is 19.4. The van der Waals surface area contributed by atoms with E-state index >= 15 is 0 Å². The number of alkyl halides is 3. The second kappa shape index (κ2) is 5.75. The number of methoxy groups -OCH3 is 1. The first-order valence-corrected chi connectivity index (χ1v) is 5.37. The molecule has 2 N–H and O–H groups in total. The van der Waals surface area contributed by atoms with E-state index in [4.69, 9.17) is 10.5 Å². The van der Waals surface area contributed by atoms with Crippen LogP contribution in [0.4, 0.5) is 18.9 Å². The van der Waals surface area contributed by atoms with Crippen LogP contribution in [0.5, 0.6) is 5.75 Å². The predicted molar refractivity (Wildman–Crippen MR) is 61.4 cm³/mol. The van der Waals surface area contributed by atoms with Gasteiger partial charge in [-0.2, -0.15) is 13.2 Å². The number of ketones is 1. The molecule has 0 amide bonds. The number of aryl methyl sites for hydroxylation is 1. The quantitative estimate of drug-likeness (QED) is 0.829. The van der Waals surface area contributed by atoms with Gasteiger partial charge in [-0.3, -0.25) is 4.79 Å². The summed E-state index contributed by atoms with van der Waals surface area (Å²) < 4.78 is 40.8. The second-order valence-corrected chi connectivity index (χ2v) is 3.85. The fourth-order valence-corrected chi connectivity index (χ4v) is 1.53. The monoisotopic (exact) mass is 261 g/mol. The van der Waals surface area contributed by atoms with Crippen molar-refractivity contribution in [2.24, 2.45) is 0 Å². The summed E-state index contributed by atoms with van der Waals surface area (Å²) >= 11 is 0. The predicted octanol–water partition coefficient (Wildman–Crippen LogP) is 2.73. The first-order valence-electron chi connectivity index (χ1n) is 5.37. The average Bonchev–Trinajstić information content (AvgIpc) is 2.28. The summed E-state index contributed by atoms with van der Waals surface area (Å²) in [4.78, 5) is 10.7. The molecule has 0 aromatic heterocycles. The Morgan fingerprint density at radius 1 is 1.39 bits per heavy atom.